The Bertz CT molecular complexity index is 370. The number of hydrogen-bond acceptors (Lipinski definition) is 3. The van der Waals surface area contributed by atoms with Crippen molar-refractivity contribution in [1.82, 2.24) is 15.1 Å². The molecule has 0 unspecified atom stereocenters. The number of amides is 2. The molecular formula is C17H31N3O2. The molecule has 5 heteroatoms. The van der Waals surface area contributed by atoms with E-state index in [1.165, 1.54) is 0 Å². The van der Waals surface area contributed by atoms with E-state index in [0.717, 1.165) is 71.1 Å². The van der Waals surface area contributed by atoms with Gasteiger partial charge >= 0.3 is 0 Å². The van der Waals surface area contributed by atoms with Crippen LogP contribution in [0.4, 0.5) is 0 Å². The van der Waals surface area contributed by atoms with Crippen LogP contribution >= 0.6 is 0 Å². The Hall–Kier alpha value is -1.10. The predicted molar refractivity (Wildman–Crippen MR) is 87.4 cm³/mol. The van der Waals surface area contributed by atoms with Crippen molar-refractivity contribution in [3.05, 3.63) is 0 Å². The van der Waals surface area contributed by atoms with Gasteiger partial charge in [-0.25, -0.2) is 0 Å². The lowest BCUT2D eigenvalue weighted by Crippen LogP contribution is -2.39. The third kappa shape index (κ3) is 4.97. The molecule has 0 bridgehead atoms. The Morgan fingerprint density at radius 3 is 2.23 bits per heavy atom. The van der Waals surface area contributed by atoms with Crippen LogP contribution in [0.3, 0.4) is 0 Å². The first kappa shape index (κ1) is 17.3. The zero-order valence-corrected chi connectivity index (χ0v) is 14.1. The van der Waals surface area contributed by atoms with Gasteiger partial charge in [0.05, 0.1) is 0 Å². The first-order valence-corrected chi connectivity index (χ1v) is 8.79. The molecule has 126 valence electrons. The molecule has 1 saturated heterocycles. The Morgan fingerprint density at radius 1 is 1.05 bits per heavy atom. The van der Waals surface area contributed by atoms with Crippen LogP contribution < -0.4 is 5.32 Å². The molecule has 1 saturated carbocycles. The standard InChI is InChI=1S/C17H31N3O2/c1-19(2)11-5-10-18-16(21)14-6-8-15(9-7-14)17(22)20-12-3-4-13-20/h14-15H,3-13H2,1-2H3,(H,18,21). The van der Waals surface area contributed by atoms with E-state index in [9.17, 15) is 9.59 Å². The highest BCUT2D eigenvalue weighted by molar-refractivity contribution is 5.81. The van der Waals surface area contributed by atoms with E-state index in [4.69, 9.17) is 0 Å². The van der Waals surface area contributed by atoms with Crippen LogP contribution in [0.5, 0.6) is 0 Å². The van der Waals surface area contributed by atoms with E-state index in [-0.39, 0.29) is 17.7 Å². The number of nitrogens with zero attached hydrogens (tertiary/aromatic N) is 2. The number of hydrogen-bond donors (Lipinski definition) is 1. The Morgan fingerprint density at radius 2 is 1.64 bits per heavy atom. The molecule has 0 aromatic rings. The van der Waals surface area contributed by atoms with E-state index < -0.39 is 0 Å². The predicted octanol–water partition coefficient (Wildman–Crippen LogP) is 1.48. The van der Waals surface area contributed by atoms with Crippen LogP contribution in [-0.4, -0.2) is 61.9 Å². The summed E-state index contributed by atoms with van der Waals surface area (Å²) >= 11 is 0. The molecule has 1 aliphatic heterocycles. The van der Waals surface area contributed by atoms with Gasteiger partial charge in [-0.05, 0) is 65.6 Å². The second kappa shape index (κ2) is 8.51. The fraction of sp³-hybridized carbons (Fsp3) is 0.882. The number of carbonyl (C=O) groups is 2. The smallest absolute Gasteiger partial charge is 0.225 e. The number of likely N-dealkylation sites (tertiary alicyclic amines) is 1. The monoisotopic (exact) mass is 309 g/mol. The SMILES string of the molecule is CN(C)CCCNC(=O)C1CCC(C(=O)N2CCCC2)CC1. The van der Waals surface area contributed by atoms with Crippen molar-refractivity contribution in [2.45, 2.75) is 44.9 Å². The highest BCUT2D eigenvalue weighted by Crippen LogP contribution is 2.31. The Balaban J connectivity index is 1.65. The van der Waals surface area contributed by atoms with Crippen molar-refractivity contribution >= 4 is 11.8 Å². The maximum absolute atomic E-state index is 12.4. The summed E-state index contributed by atoms with van der Waals surface area (Å²) < 4.78 is 0. The topological polar surface area (TPSA) is 52.7 Å². The summed E-state index contributed by atoms with van der Waals surface area (Å²) in [4.78, 5) is 28.7. The lowest BCUT2D eigenvalue weighted by molar-refractivity contribution is -0.137. The highest BCUT2D eigenvalue weighted by Gasteiger charge is 2.32. The molecule has 0 spiro atoms. The largest absolute Gasteiger partial charge is 0.356 e. The van der Waals surface area contributed by atoms with E-state index in [2.05, 4.69) is 10.2 Å². The van der Waals surface area contributed by atoms with Gasteiger partial charge in [-0.3, -0.25) is 9.59 Å². The molecule has 22 heavy (non-hydrogen) atoms. The highest BCUT2D eigenvalue weighted by atomic mass is 16.2. The maximum atomic E-state index is 12.4. The third-order valence-electron chi connectivity index (χ3n) is 4.95. The molecule has 0 aromatic heterocycles. The summed E-state index contributed by atoms with van der Waals surface area (Å²) in [6.07, 6.45) is 6.78. The van der Waals surface area contributed by atoms with Crippen LogP contribution in [-0.2, 0) is 9.59 Å². The first-order valence-electron chi connectivity index (χ1n) is 8.79. The van der Waals surface area contributed by atoms with Gasteiger partial charge in [0.2, 0.25) is 11.8 Å². The molecule has 5 nitrogen and oxygen atoms in total. The average molecular weight is 309 g/mol. The first-order chi connectivity index (χ1) is 10.6. The third-order valence-corrected chi connectivity index (χ3v) is 4.95. The van der Waals surface area contributed by atoms with Gasteiger partial charge < -0.3 is 15.1 Å². The van der Waals surface area contributed by atoms with Crippen LogP contribution in [0, 0.1) is 11.8 Å². The normalized spacial score (nSPS) is 25.5. The van der Waals surface area contributed by atoms with E-state index in [1.807, 2.05) is 19.0 Å². The van der Waals surface area contributed by atoms with E-state index >= 15 is 0 Å². The molecule has 1 N–H and O–H groups in total. The van der Waals surface area contributed by atoms with Gasteiger partial charge in [-0.15, -0.1) is 0 Å². The minimum Gasteiger partial charge on any atom is -0.356 e. The number of rotatable bonds is 6. The van der Waals surface area contributed by atoms with Gasteiger partial charge in [0.15, 0.2) is 0 Å². The molecule has 2 rings (SSSR count). The van der Waals surface area contributed by atoms with Crippen molar-refractivity contribution in [1.29, 1.82) is 0 Å². The van der Waals surface area contributed by atoms with Gasteiger partial charge in [-0.1, -0.05) is 0 Å². The van der Waals surface area contributed by atoms with Crippen molar-refractivity contribution in [2.75, 3.05) is 40.3 Å². The minimum atomic E-state index is 0.113. The second-order valence-electron chi connectivity index (χ2n) is 7.03. The summed E-state index contributed by atoms with van der Waals surface area (Å²) in [5.41, 5.74) is 0. The zero-order valence-electron chi connectivity index (χ0n) is 14.1. The molecule has 0 atom stereocenters. The minimum absolute atomic E-state index is 0.113. The van der Waals surface area contributed by atoms with Crippen molar-refractivity contribution in [3.8, 4) is 0 Å². The lowest BCUT2D eigenvalue weighted by Gasteiger charge is -2.29. The van der Waals surface area contributed by atoms with Crippen LogP contribution in [0.15, 0.2) is 0 Å². The van der Waals surface area contributed by atoms with Gasteiger partial charge in [-0.2, -0.15) is 0 Å². The maximum Gasteiger partial charge on any atom is 0.225 e. The van der Waals surface area contributed by atoms with Crippen LogP contribution in [0.25, 0.3) is 0 Å². The summed E-state index contributed by atoms with van der Waals surface area (Å²) in [6, 6.07) is 0. The van der Waals surface area contributed by atoms with Crippen LogP contribution in [0.2, 0.25) is 0 Å². The zero-order chi connectivity index (χ0) is 15.9. The fourth-order valence-electron chi connectivity index (χ4n) is 3.55. The summed E-state index contributed by atoms with van der Waals surface area (Å²) in [5, 5.41) is 3.05. The summed E-state index contributed by atoms with van der Waals surface area (Å²) in [5.74, 6) is 0.797. The summed E-state index contributed by atoms with van der Waals surface area (Å²) in [6.45, 7) is 3.62. The molecule has 0 aromatic carbocycles. The van der Waals surface area contributed by atoms with Crippen molar-refractivity contribution in [2.24, 2.45) is 11.8 Å². The molecule has 1 aliphatic carbocycles. The van der Waals surface area contributed by atoms with Crippen LogP contribution in [0.1, 0.15) is 44.9 Å². The number of nitrogens with one attached hydrogen (secondary N) is 1. The van der Waals surface area contributed by atoms with Gasteiger partial charge in [0.1, 0.15) is 0 Å². The quantitative estimate of drug-likeness (QED) is 0.756. The lowest BCUT2D eigenvalue weighted by atomic mass is 9.81. The van der Waals surface area contributed by atoms with E-state index in [1.54, 1.807) is 0 Å². The Kier molecular flexibility index (Phi) is 6.68. The van der Waals surface area contributed by atoms with E-state index in [0.29, 0.717) is 5.91 Å². The van der Waals surface area contributed by atoms with Gasteiger partial charge in [0, 0.05) is 31.5 Å². The molecule has 2 amide bonds. The number of carbonyl (C=O) groups excluding carboxylic acids is 2. The molecule has 2 fully saturated rings. The Labute approximate surface area is 134 Å². The molecular weight excluding hydrogens is 278 g/mol. The fourth-order valence-corrected chi connectivity index (χ4v) is 3.55. The molecule has 1 heterocycles. The van der Waals surface area contributed by atoms with Gasteiger partial charge in [0.25, 0.3) is 0 Å². The van der Waals surface area contributed by atoms with Crippen molar-refractivity contribution in [3.63, 3.8) is 0 Å². The molecule has 2 aliphatic rings. The van der Waals surface area contributed by atoms with Crippen molar-refractivity contribution < 1.29 is 9.59 Å². The summed E-state index contributed by atoms with van der Waals surface area (Å²) in [7, 11) is 4.08. The average Bonchev–Trinajstić information content (AvgIpc) is 3.05. The molecule has 0 radical (unpaired) electrons. The second-order valence-corrected chi connectivity index (χ2v) is 7.03.